The molecule has 0 saturated carbocycles. The molecule has 6 heteroatoms. The predicted molar refractivity (Wildman–Crippen MR) is 86.7 cm³/mol. The minimum atomic E-state index is -0.718. The van der Waals surface area contributed by atoms with Crippen LogP contribution in [-0.4, -0.2) is 31.1 Å². The van der Waals surface area contributed by atoms with E-state index in [1.807, 2.05) is 36.4 Å². The van der Waals surface area contributed by atoms with Crippen molar-refractivity contribution in [1.82, 2.24) is 5.32 Å². The SMILES string of the molecule is COC(=O)C1CC(Oc2ccc3oc4ccccc4c3c2)C(=O)N1. The number of ether oxygens (including phenoxy) is 2. The van der Waals surface area contributed by atoms with Crippen LogP contribution < -0.4 is 10.1 Å². The maximum absolute atomic E-state index is 12.0. The molecule has 1 aliphatic rings. The third kappa shape index (κ3) is 2.36. The van der Waals surface area contributed by atoms with Crippen LogP contribution in [0.4, 0.5) is 0 Å². The van der Waals surface area contributed by atoms with Gasteiger partial charge in [0, 0.05) is 17.2 Å². The van der Waals surface area contributed by atoms with Crippen LogP contribution in [0.2, 0.25) is 0 Å². The highest BCUT2D eigenvalue weighted by atomic mass is 16.5. The van der Waals surface area contributed by atoms with Gasteiger partial charge in [-0.25, -0.2) is 4.79 Å². The van der Waals surface area contributed by atoms with Gasteiger partial charge in [0.25, 0.3) is 5.91 Å². The Kier molecular flexibility index (Phi) is 3.37. The zero-order chi connectivity index (χ0) is 16.7. The molecule has 6 nitrogen and oxygen atoms in total. The van der Waals surface area contributed by atoms with Gasteiger partial charge < -0.3 is 19.2 Å². The van der Waals surface area contributed by atoms with E-state index < -0.39 is 18.1 Å². The van der Waals surface area contributed by atoms with Crippen molar-refractivity contribution in [2.75, 3.05) is 7.11 Å². The number of carbonyl (C=O) groups excluding carboxylic acids is 2. The number of fused-ring (bicyclic) bond motifs is 3. The van der Waals surface area contributed by atoms with Gasteiger partial charge in [-0.15, -0.1) is 0 Å². The molecule has 1 aromatic heterocycles. The van der Waals surface area contributed by atoms with Gasteiger partial charge in [0.2, 0.25) is 0 Å². The van der Waals surface area contributed by atoms with E-state index in [1.165, 1.54) is 7.11 Å². The second-order valence-electron chi connectivity index (χ2n) is 5.68. The van der Waals surface area contributed by atoms with Crippen LogP contribution in [0.15, 0.2) is 46.9 Å². The number of amides is 1. The maximum atomic E-state index is 12.0. The Balaban J connectivity index is 1.62. The second kappa shape index (κ2) is 5.56. The number of esters is 1. The fourth-order valence-corrected chi connectivity index (χ4v) is 2.99. The lowest BCUT2D eigenvalue weighted by Crippen LogP contribution is -2.34. The van der Waals surface area contributed by atoms with E-state index in [-0.39, 0.29) is 12.3 Å². The first kappa shape index (κ1) is 14.6. The van der Waals surface area contributed by atoms with Crippen molar-refractivity contribution in [2.24, 2.45) is 0 Å². The van der Waals surface area contributed by atoms with E-state index in [0.717, 1.165) is 21.9 Å². The van der Waals surface area contributed by atoms with Crippen LogP contribution in [0, 0.1) is 0 Å². The van der Waals surface area contributed by atoms with Gasteiger partial charge >= 0.3 is 5.97 Å². The third-order valence-corrected chi connectivity index (χ3v) is 4.17. The van der Waals surface area contributed by atoms with Gasteiger partial charge in [0.05, 0.1) is 7.11 Å². The molecule has 2 heterocycles. The quantitative estimate of drug-likeness (QED) is 0.748. The summed E-state index contributed by atoms with van der Waals surface area (Å²) in [5.41, 5.74) is 1.56. The lowest BCUT2D eigenvalue weighted by molar-refractivity contribution is -0.143. The first-order valence-corrected chi connectivity index (χ1v) is 7.62. The zero-order valence-electron chi connectivity index (χ0n) is 12.9. The molecule has 0 radical (unpaired) electrons. The molecule has 1 amide bonds. The van der Waals surface area contributed by atoms with E-state index in [1.54, 1.807) is 6.07 Å². The number of methoxy groups -OCH3 is 1. The molecule has 0 bridgehead atoms. The zero-order valence-corrected chi connectivity index (χ0v) is 12.9. The van der Waals surface area contributed by atoms with Gasteiger partial charge in [-0.1, -0.05) is 18.2 Å². The van der Waals surface area contributed by atoms with Gasteiger partial charge in [-0.3, -0.25) is 4.79 Å². The number of rotatable bonds is 3. The first-order valence-electron chi connectivity index (χ1n) is 7.62. The monoisotopic (exact) mass is 325 g/mol. The van der Waals surface area contributed by atoms with E-state index in [2.05, 4.69) is 10.1 Å². The number of para-hydroxylation sites is 1. The van der Waals surface area contributed by atoms with Crippen molar-refractivity contribution >= 4 is 33.8 Å². The standard InChI is InChI=1S/C18H15NO5/c1-22-18(21)13-9-16(17(20)19-13)23-10-6-7-15-12(8-10)11-4-2-3-5-14(11)24-15/h2-8,13,16H,9H2,1H3,(H,19,20). The van der Waals surface area contributed by atoms with Crippen LogP contribution in [0.1, 0.15) is 6.42 Å². The topological polar surface area (TPSA) is 77.8 Å². The first-order chi connectivity index (χ1) is 11.7. The minimum Gasteiger partial charge on any atom is -0.480 e. The Morgan fingerprint density at radius 3 is 2.79 bits per heavy atom. The number of nitrogens with one attached hydrogen (secondary N) is 1. The molecule has 24 heavy (non-hydrogen) atoms. The summed E-state index contributed by atoms with van der Waals surface area (Å²) in [5, 5.41) is 4.49. The van der Waals surface area contributed by atoms with Crippen LogP contribution in [-0.2, 0) is 14.3 Å². The van der Waals surface area contributed by atoms with Crippen LogP contribution in [0.25, 0.3) is 21.9 Å². The smallest absolute Gasteiger partial charge is 0.328 e. The Bertz CT molecular complexity index is 945. The van der Waals surface area contributed by atoms with Crippen molar-refractivity contribution in [3.8, 4) is 5.75 Å². The summed E-state index contributed by atoms with van der Waals surface area (Å²) in [6.45, 7) is 0. The molecule has 2 atom stereocenters. The summed E-state index contributed by atoms with van der Waals surface area (Å²) < 4.78 is 16.2. The van der Waals surface area contributed by atoms with Crippen molar-refractivity contribution in [3.05, 3.63) is 42.5 Å². The Morgan fingerprint density at radius 1 is 1.17 bits per heavy atom. The summed E-state index contributed by atoms with van der Waals surface area (Å²) in [4.78, 5) is 23.5. The number of benzene rings is 2. The molecule has 2 unspecified atom stereocenters. The summed E-state index contributed by atoms with van der Waals surface area (Å²) in [5.74, 6) is -0.229. The largest absolute Gasteiger partial charge is 0.480 e. The number of hydrogen-bond donors (Lipinski definition) is 1. The molecule has 4 rings (SSSR count). The summed E-state index contributed by atoms with van der Waals surface area (Å²) in [6.07, 6.45) is -0.472. The average Bonchev–Trinajstić information content (AvgIpc) is 3.15. The highest BCUT2D eigenvalue weighted by Crippen LogP contribution is 2.32. The second-order valence-corrected chi connectivity index (χ2v) is 5.68. The predicted octanol–water partition coefficient (Wildman–Crippen LogP) is 2.39. The van der Waals surface area contributed by atoms with E-state index in [4.69, 9.17) is 9.15 Å². The number of hydrogen-bond acceptors (Lipinski definition) is 5. The highest BCUT2D eigenvalue weighted by molar-refractivity contribution is 6.05. The molecular formula is C18H15NO5. The molecule has 122 valence electrons. The molecule has 0 aliphatic carbocycles. The Hall–Kier alpha value is -3.02. The van der Waals surface area contributed by atoms with Crippen molar-refractivity contribution in [3.63, 3.8) is 0 Å². The molecule has 2 aromatic carbocycles. The average molecular weight is 325 g/mol. The van der Waals surface area contributed by atoms with Crippen molar-refractivity contribution in [2.45, 2.75) is 18.6 Å². The van der Waals surface area contributed by atoms with Crippen LogP contribution in [0.5, 0.6) is 5.75 Å². The molecule has 1 fully saturated rings. The fourth-order valence-electron chi connectivity index (χ4n) is 2.99. The molecule has 3 aromatic rings. The number of furan rings is 1. The molecule has 1 saturated heterocycles. The van der Waals surface area contributed by atoms with E-state index in [9.17, 15) is 9.59 Å². The van der Waals surface area contributed by atoms with Crippen LogP contribution >= 0.6 is 0 Å². The van der Waals surface area contributed by atoms with Crippen LogP contribution in [0.3, 0.4) is 0 Å². The Morgan fingerprint density at radius 2 is 1.96 bits per heavy atom. The van der Waals surface area contributed by atoms with Gasteiger partial charge in [0.15, 0.2) is 6.10 Å². The lowest BCUT2D eigenvalue weighted by atomic mass is 10.1. The molecule has 0 spiro atoms. The van der Waals surface area contributed by atoms with E-state index >= 15 is 0 Å². The third-order valence-electron chi connectivity index (χ3n) is 4.17. The lowest BCUT2D eigenvalue weighted by Gasteiger charge is -2.11. The normalized spacial score (nSPS) is 20.3. The summed E-state index contributed by atoms with van der Waals surface area (Å²) in [6, 6.07) is 12.5. The molecule has 1 aliphatic heterocycles. The highest BCUT2D eigenvalue weighted by Gasteiger charge is 2.38. The molecular weight excluding hydrogens is 310 g/mol. The van der Waals surface area contributed by atoms with Crippen molar-refractivity contribution < 1.29 is 23.5 Å². The molecule has 1 N–H and O–H groups in total. The Labute approximate surface area is 137 Å². The number of carbonyl (C=O) groups is 2. The van der Waals surface area contributed by atoms with E-state index in [0.29, 0.717) is 5.75 Å². The van der Waals surface area contributed by atoms with Gasteiger partial charge in [-0.05, 0) is 24.3 Å². The fraction of sp³-hybridized carbons (Fsp3) is 0.222. The summed E-state index contributed by atoms with van der Waals surface area (Å²) >= 11 is 0. The maximum Gasteiger partial charge on any atom is 0.328 e. The minimum absolute atomic E-state index is 0.246. The van der Waals surface area contributed by atoms with Gasteiger partial charge in [-0.2, -0.15) is 0 Å². The summed E-state index contributed by atoms with van der Waals surface area (Å²) in [7, 11) is 1.29. The van der Waals surface area contributed by atoms with Gasteiger partial charge in [0.1, 0.15) is 23.0 Å². The van der Waals surface area contributed by atoms with Crippen molar-refractivity contribution in [1.29, 1.82) is 0 Å².